The first-order valence-electron chi connectivity index (χ1n) is 9.30. The third kappa shape index (κ3) is 2.82. The van der Waals surface area contributed by atoms with Crippen molar-refractivity contribution in [2.45, 2.75) is 40.0 Å². The Morgan fingerprint density at radius 1 is 0.889 bits per heavy atom. The van der Waals surface area contributed by atoms with Gasteiger partial charge in [0.2, 0.25) is 17.7 Å². The largest absolute Gasteiger partial charge is 0.326 e. The quantitative estimate of drug-likeness (QED) is 0.799. The molecular weight excluding hydrogens is 340 g/mol. The molecule has 0 spiro atoms. The second-order valence-electron chi connectivity index (χ2n) is 9.01. The second kappa shape index (κ2) is 5.65. The summed E-state index contributed by atoms with van der Waals surface area (Å²) in [6.07, 6.45) is 1.34. The van der Waals surface area contributed by atoms with Crippen LogP contribution in [0.4, 0.5) is 5.69 Å². The van der Waals surface area contributed by atoms with Gasteiger partial charge in [0.05, 0.1) is 0 Å². The van der Waals surface area contributed by atoms with Gasteiger partial charge in [0.25, 0.3) is 0 Å². The number of imide groups is 1. The zero-order chi connectivity index (χ0) is 19.4. The third-order valence-electron chi connectivity index (χ3n) is 6.22. The lowest BCUT2D eigenvalue weighted by molar-refractivity contribution is -0.163. The van der Waals surface area contributed by atoms with Crippen LogP contribution in [0.25, 0.3) is 10.8 Å². The van der Waals surface area contributed by atoms with Crippen LogP contribution in [0.15, 0.2) is 42.5 Å². The second-order valence-corrected chi connectivity index (χ2v) is 9.01. The van der Waals surface area contributed by atoms with Gasteiger partial charge in [-0.2, -0.15) is 0 Å². The summed E-state index contributed by atoms with van der Waals surface area (Å²) in [7, 11) is 0. The number of hydrogen-bond acceptors (Lipinski definition) is 3. The summed E-state index contributed by atoms with van der Waals surface area (Å²) < 4.78 is 0. The van der Waals surface area contributed by atoms with Crippen molar-refractivity contribution in [2.75, 3.05) is 5.32 Å². The van der Waals surface area contributed by atoms with E-state index < -0.39 is 16.2 Å². The standard InChI is InChI=1S/C22H24N2O3/c1-20(11-21(2)13-22(3,12-20)19(27)24-18(21)26)17(25)23-16-9-8-14-6-4-5-7-15(14)10-16/h4-10H,11-13H2,1-3H3,(H,23,25)(H,24,26,27)/t20?,21-,22+. The number of hydrogen-bond donors (Lipinski definition) is 2. The number of amides is 3. The van der Waals surface area contributed by atoms with Crippen molar-refractivity contribution in [1.82, 2.24) is 5.32 Å². The van der Waals surface area contributed by atoms with Crippen molar-refractivity contribution < 1.29 is 14.4 Å². The third-order valence-corrected chi connectivity index (χ3v) is 6.22. The summed E-state index contributed by atoms with van der Waals surface area (Å²) in [4.78, 5) is 38.1. The van der Waals surface area contributed by atoms with Crippen LogP contribution < -0.4 is 10.6 Å². The van der Waals surface area contributed by atoms with Crippen LogP contribution in [-0.4, -0.2) is 17.7 Å². The fourth-order valence-corrected chi connectivity index (χ4v) is 5.21. The van der Waals surface area contributed by atoms with Crippen molar-refractivity contribution in [3.63, 3.8) is 0 Å². The lowest BCUT2D eigenvalue weighted by atomic mass is 9.52. The van der Waals surface area contributed by atoms with E-state index in [1.165, 1.54) is 0 Å². The Kier molecular flexibility index (Phi) is 3.71. The maximum Gasteiger partial charge on any atom is 0.232 e. The normalized spacial score (nSPS) is 32.9. The van der Waals surface area contributed by atoms with Gasteiger partial charge < -0.3 is 5.32 Å². The molecule has 2 bridgehead atoms. The lowest BCUT2D eigenvalue weighted by Crippen LogP contribution is -2.63. The average Bonchev–Trinajstić information content (AvgIpc) is 2.59. The molecule has 0 radical (unpaired) electrons. The molecule has 5 heteroatoms. The number of carbonyl (C=O) groups excluding carboxylic acids is 3. The molecular formula is C22H24N2O3. The maximum atomic E-state index is 13.2. The van der Waals surface area contributed by atoms with Crippen LogP contribution in [-0.2, 0) is 14.4 Å². The molecule has 1 unspecified atom stereocenters. The molecule has 1 aliphatic heterocycles. The van der Waals surface area contributed by atoms with E-state index in [1.54, 1.807) is 0 Å². The summed E-state index contributed by atoms with van der Waals surface area (Å²) in [6.45, 7) is 5.58. The van der Waals surface area contributed by atoms with E-state index in [9.17, 15) is 14.4 Å². The Labute approximate surface area is 158 Å². The van der Waals surface area contributed by atoms with Gasteiger partial charge in [0.1, 0.15) is 0 Å². The van der Waals surface area contributed by atoms with Crippen LogP contribution in [0.2, 0.25) is 0 Å². The molecule has 3 amide bonds. The molecule has 2 N–H and O–H groups in total. The van der Waals surface area contributed by atoms with E-state index in [1.807, 2.05) is 63.2 Å². The van der Waals surface area contributed by atoms with Gasteiger partial charge >= 0.3 is 0 Å². The molecule has 1 saturated carbocycles. The van der Waals surface area contributed by atoms with Gasteiger partial charge in [-0.3, -0.25) is 19.7 Å². The van der Waals surface area contributed by atoms with Crippen LogP contribution in [0, 0.1) is 16.2 Å². The Balaban J connectivity index is 1.63. The van der Waals surface area contributed by atoms with Crippen molar-refractivity contribution in [3.05, 3.63) is 42.5 Å². The number of fused-ring (bicyclic) bond motifs is 3. The SMILES string of the molecule is CC1(C(=O)Nc2ccc3ccccc3c2)C[C@@]2(C)C[C@@](C)(C1)C(=O)NC2=O. The Morgan fingerprint density at radius 2 is 1.48 bits per heavy atom. The molecule has 2 aromatic carbocycles. The molecule has 2 fully saturated rings. The number of rotatable bonds is 2. The predicted octanol–water partition coefficient (Wildman–Crippen LogP) is 3.64. The minimum atomic E-state index is -0.791. The van der Waals surface area contributed by atoms with Gasteiger partial charge in [-0.1, -0.05) is 51.1 Å². The smallest absolute Gasteiger partial charge is 0.232 e. The number of carbonyl (C=O) groups is 3. The zero-order valence-corrected chi connectivity index (χ0v) is 15.9. The molecule has 1 heterocycles. The summed E-state index contributed by atoms with van der Waals surface area (Å²) in [5.41, 5.74) is -1.49. The number of nitrogens with one attached hydrogen (secondary N) is 2. The minimum Gasteiger partial charge on any atom is -0.326 e. The molecule has 27 heavy (non-hydrogen) atoms. The topological polar surface area (TPSA) is 75.3 Å². The fourth-order valence-electron chi connectivity index (χ4n) is 5.21. The monoisotopic (exact) mass is 364 g/mol. The highest BCUT2D eigenvalue weighted by molar-refractivity contribution is 6.05. The van der Waals surface area contributed by atoms with Gasteiger partial charge in [-0.05, 0) is 42.2 Å². The van der Waals surface area contributed by atoms with Gasteiger partial charge in [0.15, 0.2) is 0 Å². The molecule has 140 valence electrons. The van der Waals surface area contributed by atoms with Crippen molar-refractivity contribution in [3.8, 4) is 0 Å². The molecule has 1 saturated heterocycles. The zero-order valence-electron chi connectivity index (χ0n) is 15.9. The molecule has 2 aliphatic rings. The Morgan fingerprint density at radius 3 is 2.11 bits per heavy atom. The Bertz CT molecular complexity index is 954. The van der Waals surface area contributed by atoms with Gasteiger partial charge in [-0.15, -0.1) is 0 Å². The van der Waals surface area contributed by atoms with Crippen LogP contribution in [0.3, 0.4) is 0 Å². The molecule has 5 nitrogen and oxygen atoms in total. The van der Waals surface area contributed by atoms with Crippen LogP contribution >= 0.6 is 0 Å². The minimum absolute atomic E-state index is 0.141. The summed E-state index contributed by atoms with van der Waals surface area (Å²) in [5.74, 6) is -0.679. The van der Waals surface area contributed by atoms with E-state index >= 15 is 0 Å². The highest BCUT2D eigenvalue weighted by Gasteiger charge is 2.60. The van der Waals surface area contributed by atoms with Gasteiger partial charge in [-0.25, -0.2) is 0 Å². The van der Waals surface area contributed by atoms with Crippen molar-refractivity contribution in [2.24, 2.45) is 16.2 Å². The van der Waals surface area contributed by atoms with E-state index in [0.717, 1.165) is 16.5 Å². The van der Waals surface area contributed by atoms with Crippen LogP contribution in [0.1, 0.15) is 40.0 Å². The average molecular weight is 364 g/mol. The van der Waals surface area contributed by atoms with Crippen LogP contribution in [0.5, 0.6) is 0 Å². The summed E-state index contributed by atoms with van der Waals surface area (Å²) >= 11 is 0. The highest BCUT2D eigenvalue weighted by atomic mass is 16.2. The van der Waals surface area contributed by atoms with E-state index in [-0.39, 0.29) is 17.7 Å². The number of benzene rings is 2. The molecule has 0 aromatic heterocycles. The molecule has 2 aromatic rings. The summed E-state index contributed by atoms with van der Waals surface area (Å²) in [5, 5.41) is 7.67. The molecule has 4 rings (SSSR count). The first kappa shape index (κ1) is 17.7. The first-order chi connectivity index (χ1) is 12.6. The van der Waals surface area contributed by atoms with Crippen molar-refractivity contribution >= 4 is 34.2 Å². The highest BCUT2D eigenvalue weighted by Crippen LogP contribution is 2.56. The van der Waals surface area contributed by atoms with E-state index in [4.69, 9.17) is 0 Å². The van der Waals surface area contributed by atoms with Gasteiger partial charge in [0, 0.05) is 21.9 Å². The molecule has 3 atom stereocenters. The van der Waals surface area contributed by atoms with E-state index in [2.05, 4.69) is 10.6 Å². The number of piperidine rings is 1. The number of anilines is 1. The van der Waals surface area contributed by atoms with E-state index in [0.29, 0.717) is 19.3 Å². The lowest BCUT2D eigenvalue weighted by Gasteiger charge is -2.53. The maximum absolute atomic E-state index is 13.2. The predicted molar refractivity (Wildman–Crippen MR) is 104 cm³/mol. The summed E-state index contributed by atoms with van der Waals surface area (Å²) in [6, 6.07) is 13.8. The fraction of sp³-hybridized carbons (Fsp3) is 0.409. The molecule has 1 aliphatic carbocycles. The van der Waals surface area contributed by atoms with Crippen molar-refractivity contribution in [1.29, 1.82) is 0 Å². The first-order valence-corrected chi connectivity index (χ1v) is 9.30. The Hall–Kier alpha value is -2.69.